The minimum Gasteiger partial charge on any atom is -0.489 e. The van der Waals surface area contributed by atoms with Crippen LogP contribution in [0.15, 0.2) is 103 Å². The van der Waals surface area contributed by atoms with Crippen molar-refractivity contribution in [1.29, 1.82) is 0 Å². The summed E-state index contributed by atoms with van der Waals surface area (Å²) < 4.78 is 13.8. The first-order valence-electron chi connectivity index (χ1n) is 12.1. The standard InChI is InChI=1S/C30H26N4O4/c31-18-21-11-13-24(14-12-21)29-28(30(35)36)32-33-34(29)26-16-15-25(37-19-22-7-3-1-4-8-22)17-27(26)38-20-23-9-5-2-6-10-23/h1-17H,18-20,31H2,(H,35,36). The number of rotatable bonds is 10. The molecule has 0 saturated heterocycles. The van der Waals surface area contributed by atoms with Crippen molar-refractivity contribution in [2.45, 2.75) is 19.8 Å². The van der Waals surface area contributed by atoms with Crippen LogP contribution in [-0.4, -0.2) is 26.1 Å². The number of nitrogens with zero attached hydrogens (tertiary/aromatic N) is 3. The highest BCUT2D eigenvalue weighted by molar-refractivity contribution is 5.93. The van der Waals surface area contributed by atoms with Gasteiger partial charge in [0.05, 0.1) is 0 Å². The monoisotopic (exact) mass is 506 g/mol. The number of ether oxygens (including phenoxy) is 2. The number of carboxylic acids is 1. The molecule has 5 aromatic rings. The van der Waals surface area contributed by atoms with E-state index in [0.717, 1.165) is 16.7 Å². The van der Waals surface area contributed by atoms with E-state index < -0.39 is 5.97 Å². The second kappa shape index (κ2) is 11.4. The molecule has 38 heavy (non-hydrogen) atoms. The summed E-state index contributed by atoms with van der Waals surface area (Å²) in [6.07, 6.45) is 0. The molecule has 8 nitrogen and oxygen atoms in total. The molecule has 1 heterocycles. The predicted octanol–water partition coefficient (Wildman–Crippen LogP) is 5.25. The van der Waals surface area contributed by atoms with Crippen molar-refractivity contribution in [3.8, 4) is 28.4 Å². The van der Waals surface area contributed by atoms with E-state index in [1.165, 1.54) is 4.68 Å². The third kappa shape index (κ3) is 5.55. The topological polar surface area (TPSA) is 112 Å². The van der Waals surface area contributed by atoms with Gasteiger partial charge in [-0.3, -0.25) is 0 Å². The average Bonchev–Trinajstić information content (AvgIpc) is 3.41. The summed E-state index contributed by atoms with van der Waals surface area (Å²) in [6.45, 7) is 1.08. The molecule has 0 spiro atoms. The van der Waals surface area contributed by atoms with Gasteiger partial charge in [-0.25, -0.2) is 9.48 Å². The Morgan fingerprint density at radius 3 is 2.03 bits per heavy atom. The molecular formula is C30H26N4O4. The van der Waals surface area contributed by atoms with Gasteiger partial charge in [0.15, 0.2) is 5.69 Å². The summed E-state index contributed by atoms with van der Waals surface area (Å²) >= 11 is 0. The number of carbonyl (C=O) groups is 1. The van der Waals surface area contributed by atoms with E-state index in [9.17, 15) is 9.90 Å². The van der Waals surface area contributed by atoms with Crippen molar-refractivity contribution in [2.75, 3.05) is 0 Å². The Morgan fingerprint density at radius 2 is 1.42 bits per heavy atom. The Balaban J connectivity index is 1.54. The van der Waals surface area contributed by atoms with E-state index in [1.807, 2.05) is 84.9 Å². The van der Waals surface area contributed by atoms with E-state index >= 15 is 0 Å². The van der Waals surface area contributed by atoms with E-state index in [-0.39, 0.29) is 5.69 Å². The lowest BCUT2D eigenvalue weighted by Gasteiger charge is -2.16. The lowest BCUT2D eigenvalue weighted by molar-refractivity contribution is 0.0691. The normalized spacial score (nSPS) is 10.8. The van der Waals surface area contributed by atoms with Crippen molar-refractivity contribution in [3.05, 3.63) is 126 Å². The van der Waals surface area contributed by atoms with Crippen LogP contribution in [0.25, 0.3) is 16.9 Å². The molecule has 0 bridgehead atoms. The van der Waals surface area contributed by atoms with E-state index in [4.69, 9.17) is 15.2 Å². The Kier molecular flexibility index (Phi) is 7.42. The van der Waals surface area contributed by atoms with Gasteiger partial charge in [0, 0.05) is 18.2 Å². The molecule has 1 aromatic heterocycles. The van der Waals surface area contributed by atoms with Crippen molar-refractivity contribution in [3.63, 3.8) is 0 Å². The number of aromatic carboxylic acids is 1. The van der Waals surface area contributed by atoms with Gasteiger partial charge in [-0.1, -0.05) is 90.1 Å². The third-order valence-corrected chi connectivity index (χ3v) is 5.98. The van der Waals surface area contributed by atoms with Crippen LogP contribution in [0.3, 0.4) is 0 Å². The predicted molar refractivity (Wildman–Crippen MR) is 143 cm³/mol. The second-order valence-electron chi connectivity index (χ2n) is 8.58. The van der Waals surface area contributed by atoms with Gasteiger partial charge in [0.1, 0.15) is 36.1 Å². The summed E-state index contributed by atoms with van der Waals surface area (Å²) in [5, 5.41) is 18.0. The number of benzene rings is 4. The smallest absolute Gasteiger partial charge is 0.358 e. The zero-order chi connectivity index (χ0) is 26.3. The van der Waals surface area contributed by atoms with E-state index in [0.29, 0.717) is 48.2 Å². The molecule has 0 aliphatic rings. The van der Waals surface area contributed by atoms with Crippen molar-refractivity contribution >= 4 is 5.97 Å². The highest BCUT2D eigenvalue weighted by atomic mass is 16.5. The Labute approximate surface area is 219 Å². The number of aromatic nitrogens is 3. The van der Waals surface area contributed by atoms with Crippen molar-refractivity contribution in [1.82, 2.24) is 15.0 Å². The molecule has 0 atom stereocenters. The van der Waals surface area contributed by atoms with Crippen LogP contribution in [0, 0.1) is 0 Å². The minimum atomic E-state index is -1.18. The van der Waals surface area contributed by atoms with Crippen LogP contribution < -0.4 is 15.2 Å². The molecule has 0 amide bonds. The van der Waals surface area contributed by atoms with Gasteiger partial charge < -0.3 is 20.3 Å². The first-order valence-corrected chi connectivity index (χ1v) is 12.1. The van der Waals surface area contributed by atoms with Crippen molar-refractivity contribution < 1.29 is 19.4 Å². The number of hydrogen-bond acceptors (Lipinski definition) is 6. The van der Waals surface area contributed by atoms with Crippen molar-refractivity contribution in [2.24, 2.45) is 5.73 Å². The van der Waals surface area contributed by atoms with Gasteiger partial charge in [0.25, 0.3) is 0 Å². The maximum absolute atomic E-state index is 12.0. The van der Waals surface area contributed by atoms with Gasteiger partial charge in [0.2, 0.25) is 0 Å². The molecule has 3 N–H and O–H groups in total. The zero-order valence-electron chi connectivity index (χ0n) is 20.5. The highest BCUT2D eigenvalue weighted by Gasteiger charge is 2.23. The molecular weight excluding hydrogens is 480 g/mol. The van der Waals surface area contributed by atoms with Gasteiger partial charge in [-0.05, 0) is 28.8 Å². The quantitative estimate of drug-likeness (QED) is 0.266. The second-order valence-corrected chi connectivity index (χ2v) is 8.58. The van der Waals surface area contributed by atoms with Crippen LogP contribution in [0.5, 0.6) is 11.5 Å². The third-order valence-electron chi connectivity index (χ3n) is 5.98. The SMILES string of the molecule is NCc1ccc(-c2c(C(=O)O)nnn2-c2ccc(OCc3ccccc3)cc2OCc2ccccc2)cc1. The van der Waals surface area contributed by atoms with Gasteiger partial charge in [-0.2, -0.15) is 0 Å². The Bertz CT molecular complexity index is 1520. The maximum Gasteiger partial charge on any atom is 0.358 e. The fourth-order valence-corrected chi connectivity index (χ4v) is 4.00. The summed E-state index contributed by atoms with van der Waals surface area (Å²) in [5.41, 5.74) is 10.0. The van der Waals surface area contributed by atoms with E-state index in [2.05, 4.69) is 10.3 Å². The first kappa shape index (κ1) is 24.7. The summed E-state index contributed by atoms with van der Waals surface area (Å²) in [5.74, 6) is -0.0992. The average molecular weight is 507 g/mol. The van der Waals surface area contributed by atoms with Gasteiger partial charge >= 0.3 is 5.97 Å². The first-order chi connectivity index (χ1) is 18.6. The summed E-state index contributed by atoms with van der Waals surface area (Å²) in [4.78, 5) is 12.0. The minimum absolute atomic E-state index is 0.163. The lowest BCUT2D eigenvalue weighted by Crippen LogP contribution is -2.07. The molecule has 0 radical (unpaired) electrons. The van der Waals surface area contributed by atoms with Crippen LogP contribution in [-0.2, 0) is 19.8 Å². The van der Waals surface area contributed by atoms with Crippen LogP contribution in [0.2, 0.25) is 0 Å². The highest BCUT2D eigenvalue weighted by Crippen LogP contribution is 2.33. The summed E-state index contributed by atoms with van der Waals surface area (Å²) in [7, 11) is 0. The van der Waals surface area contributed by atoms with Gasteiger partial charge in [-0.15, -0.1) is 5.10 Å². The number of nitrogens with two attached hydrogens (primary N) is 1. The summed E-state index contributed by atoms with van der Waals surface area (Å²) in [6, 6.07) is 32.3. The number of carboxylic acid groups (broad SMARTS) is 1. The fourth-order valence-electron chi connectivity index (χ4n) is 4.00. The molecule has 190 valence electrons. The lowest BCUT2D eigenvalue weighted by atomic mass is 10.1. The number of hydrogen-bond donors (Lipinski definition) is 2. The largest absolute Gasteiger partial charge is 0.489 e. The molecule has 0 saturated carbocycles. The Morgan fingerprint density at radius 1 is 0.789 bits per heavy atom. The van der Waals surface area contributed by atoms with Crippen LogP contribution in [0.4, 0.5) is 0 Å². The molecule has 5 rings (SSSR count). The molecule has 0 aliphatic heterocycles. The van der Waals surface area contributed by atoms with Crippen LogP contribution >= 0.6 is 0 Å². The Hall–Kier alpha value is -4.95. The molecule has 8 heteroatoms. The molecule has 0 fully saturated rings. The molecule has 4 aromatic carbocycles. The maximum atomic E-state index is 12.0. The van der Waals surface area contributed by atoms with Crippen LogP contribution in [0.1, 0.15) is 27.2 Å². The fraction of sp³-hybridized carbons (Fsp3) is 0.100. The van der Waals surface area contributed by atoms with E-state index in [1.54, 1.807) is 18.2 Å². The molecule has 0 unspecified atom stereocenters. The molecule has 0 aliphatic carbocycles. The zero-order valence-corrected chi connectivity index (χ0v) is 20.5.